The number of benzene rings is 1. The van der Waals surface area contributed by atoms with Gasteiger partial charge in [-0.25, -0.2) is 0 Å². The summed E-state index contributed by atoms with van der Waals surface area (Å²) in [5, 5.41) is 3.21. The topological polar surface area (TPSA) is 38.3 Å². The van der Waals surface area contributed by atoms with Crippen LogP contribution in [0.3, 0.4) is 0 Å². The predicted molar refractivity (Wildman–Crippen MR) is 62.1 cm³/mol. The molecular formula is C13H17NO2. The molecule has 0 aliphatic carbocycles. The monoisotopic (exact) mass is 219 g/mol. The zero-order chi connectivity index (χ0) is 11.4. The van der Waals surface area contributed by atoms with Crippen molar-refractivity contribution in [3.63, 3.8) is 0 Å². The third-order valence-electron chi connectivity index (χ3n) is 2.88. The van der Waals surface area contributed by atoms with Gasteiger partial charge in [0.15, 0.2) is 5.78 Å². The second-order valence-corrected chi connectivity index (χ2v) is 4.25. The van der Waals surface area contributed by atoms with Crippen molar-refractivity contribution in [1.29, 1.82) is 0 Å². The molecule has 16 heavy (non-hydrogen) atoms. The summed E-state index contributed by atoms with van der Waals surface area (Å²) in [6.45, 7) is 3.85. The van der Waals surface area contributed by atoms with Crippen LogP contribution in [-0.4, -0.2) is 25.0 Å². The van der Waals surface area contributed by atoms with Crippen LogP contribution in [-0.2, 0) is 16.1 Å². The van der Waals surface area contributed by atoms with E-state index < -0.39 is 0 Å². The van der Waals surface area contributed by atoms with Crippen LogP contribution in [0.25, 0.3) is 0 Å². The molecule has 2 atom stereocenters. The van der Waals surface area contributed by atoms with Crippen molar-refractivity contribution in [3.8, 4) is 0 Å². The molecule has 1 fully saturated rings. The van der Waals surface area contributed by atoms with Crippen molar-refractivity contribution in [3.05, 3.63) is 35.9 Å². The summed E-state index contributed by atoms with van der Waals surface area (Å²) in [6.07, 6.45) is -0.288. The quantitative estimate of drug-likeness (QED) is 0.834. The van der Waals surface area contributed by atoms with Crippen molar-refractivity contribution >= 4 is 5.78 Å². The van der Waals surface area contributed by atoms with E-state index in [0.717, 1.165) is 12.1 Å². The molecular weight excluding hydrogens is 202 g/mol. The highest BCUT2D eigenvalue weighted by Gasteiger charge is 2.28. The highest BCUT2D eigenvalue weighted by atomic mass is 16.5. The number of hydrogen-bond donors (Lipinski definition) is 1. The molecule has 0 radical (unpaired) electrons. The van der Waals surface area contributed by atoms with Gasteiger partial charge in [0.25, 0.3) is 0 Å². The number of ketones is 1. The van der Waals surface area contributed by atoms with Crippen LogP contribution in [0.5, 0.6) is 0 Å². The van der Waals surface area contributed by atoms with E-state index in [1.165, 1.54) is 0 Å². The second kappa shape index (κ2) is 5.23. The molecule has 1 heterocycles. The maximum atomic E-state index is 11.8. The molecule has 3 heteroatoms. The first-order chi connectivity index (χ1) is 7.77. The van der Waals surface area contributed by atoms with E-state index in [1.807, 2.05) is 37.3 Å². The van der Waals surface area contributed by atoms with E-state index in [1.54, 1.807) is 0 Å². The summed E-state index contributed by atoms with van der Waals surface area (Å²) >= 11 is 0. The number of piperidine rings is 1. The van der Waals surface area contributed by atoms with E-state index in [0.29, 0.717) is 13.2 Å². The number of nitrogens with one attached hydrogen (secondary N) is 1. The van der Waals surface area contributed by atoms with Crippen molar-refractivity contribution in [2.75, 3.05) is 13.1 Å². The molecule has 0 unspecified atom stereocenters. The third kappa shape index (κ3) is 2.68. The smallest absolute Gasteiger partial charge is 0.166 e. The van der Waals surface area contributed by atoms with Crippen molar-refractivity contribution in [2.45, 2.75) is 19.6 Å². The SMILES string of the molecule is C[C@H]1CNC[C@@H](OCc2ccccc2)C1=O. The first-order valence-electron chi connectivity index (χ1n) is 5.67. The molecule has 2 rings (SSSR count). The van der Waals surface area contributed by atoms with Crippen molar-refractivity contribution < 1.29 is 9.53 Å². The molecule has 0 aromatic heterocycles. The number of carbonyl (C=O) groups excluding carboxylic acids is 1. The Morgan fingerprint density at radius 3 is 2.81 bits per heavy atom. The summed E-state index contributed by atoms with van der Waals surface area (Å²) in [6, 6.07) is 9.93. The van der Waals surface area contributed by atoms with Gasteiger partial charge in [-0.1, -0.05) is 37.3 Å². The molecule has 1 aliphatic heterocycles. The summed E-state index contributed by atoms with van der Waals surface area (Å²) in [4.78, 5) is 11.8. The predicted octanol–water partition coefficient (Wildman–Crippen LogP) is 1.38. The fourth-order valence-electron chi connectivity index (χ4n) is 1.86. The molecule has 3 nitrogen and oxygen atoms in total. The molecule has 1 N–H and O–H groups in total. The molecule has 1 aromatic rings. The number of hydrogen-bond acceptors (Lipinski definition) is 3. The van der Waals surface area contributed by atoms with Crippen LogP contribution in [0, 0.1) is 5.92 Å². The van der Waals surface area contributed by atoms with Crippen LogP contribution in [0.1, 0.15) is 12.5 Å². The van der Waals surface area contributed by atoms with Gasteiger partial charge >= 0.3 is 0 Å². The van der Waals surface area contributed by atoms with Crippen LogP contribution < -0.4 is 5.32 Å². The van der Waals surface area contributed by atoms with E-state index in [4.69, 9.17) is 4.74 Å². The van der Waals surface area contributed by atoms with Gasteiger partial charge in [0, 0.05) is 19.0 Å². The Morgan fingerprint density at radius 2 is 2.06 bits per heavy atom. The number of rotatable bonds is 3. The average Bonchev–Trinajstić information content (AvgIpc) is 2.32. The molecule has 1 aromatic carbocycles. The van der Waals surface area contributed by atoms with Crippen molar-refractivity contribution in [2.24, 2.45) is 5.92 Å². The minimum Gasteiger partial charge on any atom is -0.364 e. The fourth-order valence-corrected chi connectivity index (χ4v) is 1.86. The summed E-state index contributed by atoms with van der Waals surface area (Å²) < 4.78 is 5.64. The summed E-state index contributed by atoms with van der Waals surface area (Å²) in [5.74, 6) is 0.282. The lowest BCUT2D eigenvalue weighted by molar-refractivity contribution is -0.136. The van der Waals surface area contributed by atoms with E-state index >= 15 is 0 Å². The van der Waals surface area contributed by atoms with E-state index in [2.05, 4.69) is 5.32 Å². The normalized spacial score (nSPS) is 25.7. The third-order valence-corrected chi connectivity index (χ3v) is 2.88. The second-order valence-electron chi connectivity index (χ2n) is 4.25. The lowest BCUT2D eigenvalue weighted by atomic mass is 9.98. The van der Waals surface area contributed by atoms with Gasteiger partial charge in [-0.05, 0) is 5.56 Å². The van der Waals surface area contributed by atoms with Crippen LogP contribution in [0.4, 0.5) is 0 Å². The molecule has 1 saturated heterocycles. The first-order valence-corrected chi connectivity index (χ1v) is 5.67. The van der Waals surface area contributed by atoms with Gasteiger partial charge in [0.05, 0.1) is 6.61 Å². The Kier molecular flexibility index (Phi) is 3.70. The van der Waals surface area contributed by atoms with Gasteiger partial charge in [-0.2, -0.15) is 0 Å². The zero-order valence-electron chi connectivity index (χ0n) is 9.48. The Bertz CT molecular complexity index is 350. The van der Waals surface area contributed by atoms with Crippen LogP contribution in [0.15, 0.2) is 30.3 Å². The first kappa shape index (κ1) is 11.3. The minimum absolute atomic E-state index is 0.0644. The molecule has 0 bridgehead atoms. The standard InChI is InChI=1S/C13H17NO2/c1-10-7-14-8-12(13(10)15)16-9-11-5-3-2-4-6-11/h2-6,10,12,14H,7-9H2,1H3/t10-,12+/m0/s1. The maximum absolute atomic E-state index is 11.8. The Hall–Kier alpha value is -1.19. The van der Waals surface area contributed by atoms with Gasteiger partial charge in [0.1, 0.15) is 6.10 Å². The number of carbonyl (C=O) groups is 1. The minimum atomic E-state index is -0.288. The summed E-state index contributed by atoms with van der Waals surface area (Å²) in [5.41, 5.74) is 1.11. The highest BCUT2D eigenvalue weighted by Crippen LogP contribution is 2.11. The molecule has 1 aliphatic rings. The largest absolute Gasteiger partial charge is 0.364 e. The lowest BCUT2D eigenvalue weighted by Gasteiger charge is -2.26. The Morgan fingerprint density at radius 1 is 1.31 bits per heavy atom. The maximum Gasteiger partial charge on any atom is 0.166 e. The Balaban J connectivity index is 1.88. The van der Waals surface area contributed by atoms with Gasteiger partial charge in [0.2, 0.25) is 0 Å². The molecule has 0 saturated carbocycles. The summed E-state index contributed by atoms with van der Waals surface area (Å²) in [7, 11) is 0. The molecule has 0 amide bonds. The van der Waals surface area contributed by atoms with E-state index in [-0.39, 0.29) is 17.8 Å². The molecule has 86 valence electrons. The van der Waals surface area contributed by atoms with Gasteiger partial charge in [-0.15, -0.1) is 0 Å². The van der Waals surface area contributed by atoms with Gasteiger partial charge in [-0.3, -0.25) is 4.79 Å². The lowest BCUT2D eigenvalue weighted by Crippen LogP contribution is -2.47. The number of ether oxygens (including phenoxy) is 1. The van der Waals surface area contributed by atoms with Crippen LogP contribution in [0.2, 0.25) is 0 Å². The van der Waals surface area contributed by atoms with Crippen molar-refractivity contribution in [1.82, 2.24) is 5.32 Å². The molecule has 0 spiro atoms. The van der Waals surface area contributed by atoms with Crippen LogP contribution >= 0.6 is 0 Å². The highest BCUT2D eigenvalue weighted by molar-refractivity contribution is 5.86. The Labute approximate surface area is 95.8 Å². The average molecular weight is 219 g/mol. The van der Waals surface area contributed by atoms with Gasteiger partial charge < -0.3 is 10.1 Å². The zero-order valence-corrected chi connectivity index (χ0v) is 9.48. The number of Topliss-reactive ketones (excluding diaryl/α,β-unsaturated/α-hetero) is 1. The fraction of sp³-hybridized carbons (Fsp3) is 0.462. The van der Waals surface area contributed by atoms with E-state index in [9.17, 15) is 4.79 Å².